The van der Waals surface area contributed by atoms with Crippen molar-refractivity contribution in [2.24, 2.45) is 10.7 Å². The van der Waals surface area contributed by atoms with Crippen LogP contribution < -0.4 is 5.73 Å². The van der Waals surface area contributed by atoms with Gasteiger partial charge >= 0.3 is 0 Å². The number of allylic oxidation sites excluding steroid dienone is 1. The fourth-order valence-corrected chi connectivity index (χ4v) is 5.20. The van der Waals surface area contributed by atoms with Crippen LogP contribution in [0.5, 0.6) is 0 Å². The second-order valence-corrected chi connectivity index (χ2v) is 9.38. The van der Waals surface area contributed by atoms with E-state index < -0.39 is 5.92 Å². The third kappa shape index (κ3) is 5.17. The number of nitrogens with two attached hydrogens (primary N) is 1. The molecular formula is C23H27ClN6OS. The van der Waals surface area contributed by atoms with Crippen molar-refractivity contribution in [3.63, 3.8) is 0 Å². The number of unbranched alkanes of at least 4 members (excludes halogenated alkanes) is 1. The number of aryl methyl sites for hydroxylation is 1. The maximum absolute atomic E-state index is 13.8. The van der Waals surface area contributed by atoms with Crippen molar-refractivity contribution < 1.29 is 4.79 Å². The van der Waals surface area contributed by atoms with E-state index in [-0.39, 0.29) is 11.1 Å². The smallest absolute Gasteiger partial charge is 0.222 e. The van der Waals surface area contributed by atoms with Crippen LogP contribution in [0.4, 0.5) is 5.00 Å². The molecule has 0 unspecified atom stereocenters. The van der Waals surface area contributed by atoms with Gasteiger partial charge in [-0.1, -0.05) is 13.3 Å². The van der Waals surface area contributed by atoms with Crippen molar-refractivity contribution in [2.45, 2.75) is 51.4 Å². The van der Waals surface area contributed by atoms with E-state index in [4.69, 9.17) is 17.3 Å². The lowest BCUT2D eigenvalue weighted by Gasteiger charge is -2.24. The largest absolute Gasteiger partial charge is 0.397 e. The van der Waals surface area contributed by atoms with Gasteiger partial charge in [-0.3, -0.25) is 4.79 Å². The highest BCUT2D eigenvalue weighted by Crippen LogP contribution is 2.46. The highest BCUT2D eigenvalue weighted by Gasteiger charge is 2.34. The summed E-state index contributed by atoms with van der Waals surface area (Å²) >= 11 is 7.45. The first kappa shape index (κ1) is 23.9. The molecule has 1 aliphatic carbocycles. The third-order valence-corrected chi connectivity index (χ3v) is 6.74. The minimum atomic E-state index is -0.407. The summed E-state index contributed by atoms with van der Waals surface area (Å²) in [7, 11) is 3.75. The summed E-state index contributed by atoms with van der Waals surface area (Å²) < 4.78 is 0. The number of aliphatic imine (C=N–C) groups is 1. The first-order valence-electron chi connectivity index (χ1n) is 10.6. The predicted octanol–water partition coefficient (Wildman–Crippen LogP) is 4.83. The van der Waals surface area contributed by atoms with Crippen LogP contribution in [0.1, 0.15) is 66.6 Å². The zero-order chi connectivity index (χ0) is 23.3. The molecular weight excluding hydrogens is 444 g/mol. The number of nitrogens with zero attached hydrogens (tertiary/aromatic N) is 5. The van der Waals surface area contributed by atoms with E-state index in [0.29, 0.717) is 40.4 Å². The first-order chi connectivity index (χ1) is 15.4. The molecule has 1 atom stereocenters. The van der Waals surface area contributed by atoms with Crippen LogP contribution in [-0.2, 0) is 11.2 Å². The first-order valence-corrected chi connectivity index (χ1v) is 11.8. The molecule has 3 rings (SSSR count). The Labute approximate surface area is 197 Å². The quantitative estimate of drug-likeness (QED) is 0.256. The van der Waals surface area contributed by atoms with Crippen LogP contribution in [0.25, 0.3) is 5.70 Å². The summed E-state index contributed by atoms with van der Waals surface area (Å²) in [5.41, 5.74) is 9.10. The van der Waals surface area contributed by atoms with Gasteiger partial charge in [-0.2, -0.15) is 5.26 Å². The molecule has 0 bridgehead atoms. The highest BCUT2D eigenvalue weighted by atomic mass is 35.5. The number of ketones is 1. The van der Waals surface area contributed by atoms with E-state index in [0.717, 1.165) is 36.1 Å². The Balaban J connectivity index is 2.08. The lowest BCUT2D eigenvalue weighted by molar-refractivity contribution is -0.117. The predicted molar refractivity (Wildman–Crippen MR) is 129 cm³/mol. The van der Waals surface area contributed by atoms with Crippen LogP contribution in [0.15, 0.2) is 22.8 Å². The normalized spacial score (nSPS) is 16.4. The number of carbonyl (C=O) groups excluding carboxylic acids is 1. The Morgan fingerprint density at radius 1 is 1.50 bits per heavy atom. The van der Waals surface area contributed by atoms with Gasteiger partial charge in [0.2, 0.25) is 5.28 Å². The molecule has 2 aromatic rings. The Bertz CT molecular complexity index is 1100. The lowest BCUT2D eigenvalue weighted by atomic mass is 9.79. The summed E-state index contributed by atoms with van der Waals surface area (Å²) in [4.78, 5) is 29.3. The van der Waals surface area contributed by atoms with Gasteiger partial charge in [-0.15, -0.1) is 11.3 Å². The van der Waals surface area contributed by atoms with Gasteiger partial charge in [0.25, 0.3) is 0 Å². The van der Waals surface area contributed by atoms with Crippen LogP contribution in [-0.4, -0.2) is 41.1 Å². The molecule has 0 aromatic carbocycles. The summed E-state index contributed by atoms with van der Waals surface area (Å²) in [6.45, 7) is 2.07. The number of thiophene rings is 1. The van der Waals surface area contributed by atoms with Gasteiger partial charge in [-0.05, 0) is 55.3 Å². The maximum Gasteiger partial charge on any atom is 0.222 e. The van der Waals surface area contributed by atoms with E-state index >= 15 is 0 Å². The van der Waals surface area contributed by atoms with Crippen molar-refractivity contribution in [2.75, 3.05) is 14.1 Å². The Morgan fingerprint density at radius 3 is 2.94 bits per heavy atom. The molecule has 0 aliphatic heterocycles. The van der Waals surface area contributed by atoms with Crippen molar-refractivity contribution >= 4 is 45.8 Å². The average Bonchev–Trinajstić information content (AvgIpc) is 3.15. The second kappa shape index (κ2) is 10.7. The fourth-order valence-electron chi connectivity index (χ4n) is 3.87. The maximum atomic E-state index is 13.8. The summed E-state index contributed by atoms with van der Waals surface area (Å²) in [6, 6.07) is 3.96. The van der Waals surface area contributed by atoms with Crippen molar-refractivity contribution in [1.29, 1.82) is 5.26 Å². The van der Waals surface area contributed by atoms with Gasteiger partial charge in [0.15, 0.2) is 5.78 Å². The molecule has 32 heavy (non-hydrogen) atoms. The summed E-state index contributed by atoms with van der Waals surface area (Å²) in [6.07, 6.45) is 7.92. The van der Waals surface area contributed by atoms with Gasteiger partial charge in [0.1, 0.15) is 11.1 Å². The van der Waals surface area contributed by atoms with Crippen molar-refractivity contribution in [3.8, 4) is 6.07 Å². The van der Waals surface area contributed by atoms with Crippen LogP contribution in [0, 0.1) is 11.3 Å². The number of rotatable bonds is 8. The molecule has 2 heterocycles. The van der Waals surface area contributed by atoms with E-state index in [1.165, 1.54) is 17.5 Å². The number of nitriles is 1. The third-order valence-electron chi connectivity index (χ3n) is 5.39. The van der Waals surface area contributed by atoms with Gasteiger partial charge in [0, 0.05) is 36.7 Å². The number of halogens is 1. The van der Waals surface area contributed by atoms with Crippen molar-refractivity contribution in [3.05, 3.63) is 44.8 Å². The summed E-state index contributed by atoms with van der Waals surface area (Å²) in [5.74, 6) is -0.445. The fraction of sp³-hybridized carbons (Fsp3) is 0.435. The minimum Gasteiger partial charge on any atom is -0.397 e. The van der Waals surface area contributed by atoms with Crippen LogP contribution >= 0.6 is 22.9 Å². The average molecular weight is 471 g/mol. The molecule has 7 nitrogen and oxygen atoms in total. The lowest BCUT2D eigenvalue weighted by Crippen LogP contribution is -2.22. The van der Waals surface area contributed by atoms with Gasteiger partial charge in [0.05, 0.1) is 23.3 Å². The zero-order valence-electron chi connectivity index (χ0n) is 18.6. The topological polar surface area (TPSA) is 108 Å². The Morgan fingerprint density at radius 2 is 2.28 bits per heavy atom. The molecule has 9 heteroatoms. The number of fused-ring (bicyclic) bond motifs is 1. The van der Waals surface area contributed by atoms with Gasteiger partial charge < -0.3 is 10.6 Å². The van der Waals surface area contributed by atoms with Gasteiger partial charge in [-0.25, -0.2) is 15.0 Å². The van der Waals surface area contributed by atoms with Crippen molar-refractivity contribution in [1.82, 2.24) is 14.9 Å². The zero-order valence-corrected chi connectivity index (χ0v) is 20.1. The highest BCUT2D eigenvalue weighted by molar-refractivity contribution is 7.16. The molecule has 0 spiro atoms. The van der Waals surface area contributed by atoms with E-state index in [9.17, 15) is 10.1 Å². The van der Waals surface area contributed by atoms with E-state index in [2.05, 4.69) is 28.0 Å². The minimum absolute atomic E-state index is 0.0379. The van der Waals surface area contributed by atoms with E-state index in [1.54, 1.807) is 12.4 Å². The van der Waals surface area contributed by atoms with Crippen LogP contribution in [0.3, 0.4) is 0 Å². The molecule has 0 fully saturated rings. The Kier molecular flexibility index (Phi) is 7.99. The number of hydrogen-bond acceptors (Lipinski definition) is 7. The monoisotopic (exact) mass is 470 g/mol. The molecule has 0 radical (unpaired) electrons. The molecule has 2 N–H and O–H groups in total. The molecule has 0 saturated carbocycles. The number of Topliss-reactive ketones (excluding diaryl/α,β-unsaturated/α-hetero) is 1. The standard InChI is InChI=1S/C23H27ClN6OS/c1-4-5-7-15(20(26)17-10-11-27-23(24)29-17)21(31)14-8-6-9-18-19(14)16(12-25)22(32-18)28-13-30(2)3/h10-11,13-14H,4-9,26H2,1-3H3/b20-15-,28-13+/t14-/m0/s1. The number of aromatic nitrogens is 2. The number of hydrogen-bond donors (Lipinski definition) is 1. The van der Waals surface area contributed by atoms with E-state index in [1.807, 2.05) is 19.0 Å². The number of carbonyl (C=O) groups is 1. The van der Waals surface area contributed by atoms with Crippen LogP contribution in [0.2, 0.25) is 5.28 Å². The molecule has 0 amide bonds. The SMILES string of the molecule is CCCC/C(C(=O)[C@H]1CCCc2sc(/N=C/N(C)C)c(C#N)c21)=C(/N)c1ccnc(Cl)n1. The molecule has 168 valence electrons. The molecule has 0 saturated heterocycles. The summed E-state index contributed by atoms with van der Waals surface area (Å²) in [5, 5.41) is 10.7. The second-order valence-electron chi connectivity index (χ2n) is 7.95. The molecule has 2 aromatic heterocycles. The molecule has 1 aliphatic rings. The Hall–Kier alpha value is -2.76.